The maximum Gasteiger partial charge on any atom is 0.389 e. The zero-order chi connectivity index (χ0) is 12.3. The molecule has 0 saturated carbocycles. The Hall–Kier alpha value is -0.450. The molecule has 0 aromatic heterocycles. The summed E-state index contributed by atoms with van der Waals surface area (Å²) in [6, 6.07) is 0. The number of hydrogen-bond acceptors (Lipinski definition) is 1. The molecule has 0 aromatic rings. The summed E-state index contributed by atoms with van der Waals surface area (Å²) in [4.78, 5) is 12.9. The van der Waals surface area contributed by atoms with E-state index in [9.17, 15) is 18.0 Å². The Balaban J connectivity index is 2.38. The normalized spacial score (nSPS) is 26.9. The Bertz CT molecular complexity index is 257. The lowest BCUT2D eigenvalue weighted by atomic mass is 9.98. The molecule has 1 heterocycles. The Morgan fingerprint density at radius 1 is 1.50 bits per heavy atom. The Morgan fingerprint density at radius 3 is 2.62 bits per heavy atom. The van der Waals surface area contributed by atoms with Crippen LogP contribution in [0.1, 0.15) is 26.2 Å². The molecule has 2 nitrogen and oxygen atoms in total. The zero-order valence-electron chi connectivity index (χ0n) is 9.06. The number of nitrogens with zero attached hydrogens (tertiary/aromatic N) is 1. The summed E-state index contributed by atoms with van der Waals surface area (Å²) in [5, 5.41) is -0.149. The van der Waals surface area contributed by atoms with Gasteiger partial charge < -0.3 is 4.90 Å². The first-order chi connectivity index (χ1) is 7.29. The van der Waals surface area contributed by atoms with Crippen molar-refractivity contribution in [1.82, 2.24) is 4.90 Å². The maximum atomic E-state index is 11.9. The van der Waals surface area contributed by atoms with E-state index in [0.29, 0.717) is 19.0 Å². The van der Waals surface area contributed by atoms with Gasteiger partial charge in [0, 0.05) is 19.5 Å². The molecule has 0 bridgehead atoms. The van der Waals surface area contributed by atoms with Gasteiger partial charge in [-0.3, -0.25) is 4.79 Å². The highest BCUT2D eigenvalue weighted by molar-refractivity contribution is 6.21. The van der Waals surface area contributed by atoms with E-state index < -0.39 is 24.9 Å². The van der Waals surface area contributed by atoms with Crippen molar-refractivity contribution >= 4 is 17.5 Å². The highest BCUT2D eigenvalue weighted by Gasteiger charge is 2.31. The van der Waals surface area contributed by atoms with E-state index >= 15 is 0 Å². The van der Waals surface area contributed by atoms with E-state index in [-0.39, 0.29) is 5.38 Å². The van der Waals surface area contributed by atoms with Crippen LogP contribution in [0.25, 0.3) is 0 Å². The van der Waals surface area contributed by atoms with Gasteiger partial charge in [-0.25, -0.2) is 0 Å². The van der Waals surface area contributed by atoms with Gasteiger partial charge >= 0.3 is 6.18 Å². The smallest absolute Gasteiger partial charge is 0.341 e. The predicted molar refractivity (Wildman–Crippen MR) is 55.3 cm³/mol. The van der Waals surface area contributed by atoms with Crippen LogP contribution < -0.4 is 0 Å². The first-order valence-electron chi connectivity index (χ1n) is 5.28. The van der Waals surface area contributed by atoms with Gasteiger partial charge in [0.25, 0.3) is 0 Å². The number of alkyl halides is 4. The largest absolute Gasteiger partial charge is 0.389 e. The van der Waals surface area contributed by atoms with Crippen LogP contribution in [-0.2, 0) is 4.79 Å². The quantitative estimate of drug-likeness (QED) is 0.697. The van der Waals surface area contributed by atoms with E-state index in [1.54, 1.807) is 0 Å². The monoisotopic (exact) mass is 257 g/mol. The fourth-order valence-corrected chi connectivity index (χ4v) is 1.95. The van der Waals surface area contributed by atoms with Gasteiger partial charge in [0.1, 0.15) is 0 Å². The van der Waals surface area contributed by atoms with Crippen molar-refractivity contribution in [2.24, 2.45) is 5.92 Å². The molecular weight excluding hydrogens is 243 g/mol. The fraction of sp³-hybridized carbons (Fsp3) is 0.900. The summed E-state index contributed by atoms with van der Waals surface area (Å²) < 4.78 is 35.8. The van der Waals surface area contributed by atoms with Crippen molar-refractivity contribution in [1.29, 1.82) is 0 Å². The van der Waals surface area contributed by atoms with Gasteiger partial charge in [-0.1, -0.05) is 6.92 Å². The molecule has 6 heteroatoms. The second kappa shape index (κ2) is 5.25. The molecule has 1 fully saturated rings. The van der Waals surface area contributed by atoms with Gasteiger partial charge in [-0.2, -0.15) is 13.2 Å². The van der Waals surface area contributed by atoms with Crippen molar-refractivity contribution in [2.75, 3.05) is 13.1 Å². The van der Waals surface area contributed by atoms with Crippen LogP contribution >= 0.6 is 11.6 Å². The zero-order valence-corrected chi connectivity index (χ0v) is 9.81. The summed E-state index contributed by atoms with van der Waals surface area (Å²) in [6.07, 6.45) is -5.03. The van der Waals surface area contributed by atoms with Crippen LogP contribution in [-0.4, -0.2) is 35.4 Å². The molecule has 0 N–H and O–H groups in total. The number of rotatable bonds is 2. The third kappa shape index (κ3) is 4.20. The molecule has 0 aromatic carbocycles. The lowest BCUT2D eigenvalue weighted by Crippen LogP contribution is -2.44. The lowest BCUT2D eigenvalue weighted by molar-refractivity contribution is -0.149. The number of carbonyl (C=O) groups excluding carboxylic acids is 1. The highest BCUT2D eigenvalue weighted by Crippen LogP contribution is 2.25. The van der Waals surface area contributed by atoms with Crippen molar-refractivity contribution in [3.63, 3.8) is 0 Å². The molecule has 0 aliphatic carbocycles. The van der Waals surface area contributed by atoms with Gasteiger partial charge in [0.2, 0.25) is 5.91 Å². The third-order valence-electron chi connectivity index (χ3n) is 2.84. The molecular formula is C10H15ClF3NO. The predicted octanol–water partition coefficient (Wildman–Crippen LogP) is 2.80. The SMILES string of the molecule is CC1CCN(C(=O)CCC(F)(F)F)CC1Cl. The lowest BCUT2D eigenvalue weighted by Gasteiger charge is -2.34. The molecule has 1 rings (SSSR count). The standard InChI is InChI=1S/C10H15ClF3NO/c1-7-3-5-15(6-8(7)11)9(16)2-4-10(12,13)14/h7-8H,2-6H2,1H3. The van der Waals surface area contributed by atoms with Gasteiger partial charge in [0.05, 0.1) is 11.8 Å². The van der Waals surface area contributed by atoms with Crippen LogP contribution in [0.2, 0.25) is 0 Å². The Morgan fingerprint density at radius 2 is 2.12 bits per heavy atom. The van der Waals surface area contributed by atoms with Crippen LogP contribution in [0.3, 0.4) is 0 Å². The minimum atomic E-state index is -4.26. The Kier molecular flexibility index (Phi) is 4.47. The van der Waals surface area contributed by atoms with E-state index in [4.69, 9.17) is 11.6 Å². The number of piperidine rings is 1. The first-order valence-corrected chi connectivity index (χ1v) is 5.72. The van der Waals surface area contributed by atoms with Crippen molar-refractivity contribution < 1.29 is 18.0 Å². The average molecular weight is 258 g/mol. The van der Waals surface area contributed by atoms with Crippen LogP contribution in [0, 0.1) is 5.92 Å². The third-order valence-corrected chi connectivity index (χ3v) is 3.41. The number of halogens is 4. The number of amides is 1. The average Bonchev–Trinajstić information content (AvgIpc) is 2.17. The van der Waals surface area contributed by atoms with Crippen molar-refractivity contribution in [2.45, 2.75) is 37.7 Å². The summed E-state index contributed by atoms with van der Waals surface area (Å²) in [5.74, 6) is -0.136. The van der Waals surface area contributed by atoms with Crippen LogP contribution in [0.4, 0.5) is 13.2 Å². The second-order valence-electron chi connectivity index (χ2n) is 4.24. The summed E-state index contributed by atoms with van der Waals surface area (Å²) in [5.41, 5.74) is 0. The summed E-state index contributed by atoms with van der Waals surface area (Å²) in [6.45, 7) is 2.86. The molecule has 1 saturated heterocycles. The second-order valence-corrected chi connectivity index (χ2v) is 4.80. The molecule has 1 aliphatic rings. The van der Waals surface area contributed by atoms with E-state index in [1.165, 1.54) is 4.90 Å². The summed E-state index contributed by atoms with van der Waals surface area (Å²) >= 11 is 5.98. The van der Waals surface area contributed by atoms with Crippen LogP contribution in [0.15, 0.2) is 0 Å². The molecule has 94 valence electrons. The fourth-order valence-electron chi connectivity index (χ4n) is 1.66. The molecule has 0 radical (unpaired) electrons. The van der Waals surface area contributed by atoms with E-state index in [1.807, 2.05) is 6.92 Å². The molecule has 2 atom stereocenters. The first kappa shape index (κ1) is 13.6. The van der Waals surface area contributed by atoms with Crippen molar-refractivity contribution in [3.05, 3.63) is 0 Å². The number of carbonyl (C=O) groups is 1. The number of likely N-dealkylation sites (tertiary alicyclic amines) is 1. The van der Waals surface area contributed by atoms with E-state index in [0.717, 1.165) is 6.42 Å². The van der Waals surface area contributed by atoms with Crippen LogP contribution in [0.5, 0.6) is 0 Å². The van der Waals surface area contributed by atoms with E-state index in [2.05, 4.69) is 0 Å². The minimum Gasteiger partial charge on any atom is -0.341 e. The number of hydrogen-bond donors (Lipinski definition) is 0. The molecule has 16 heavy (non-hydrogen) atoms. The molecule has 1 amide bonds. The minimum absolute atomic E-state index is 0.149. The highest BCUT2D eigenvalue weighted by atomic mass is 35.5. The van der Waals surface area contributed by atoms with Gasteiger partial charge in [0.15, 0.2) is 0 Å². The van der Waals surface area contributed by atoms with Gasteiger partial charge in [-0.15, -0.1) is 11.6 Å². The van der Waals surface area contributed by atoms with Gasteiger partial charge in [-0.05, 0) is 12.3 Å². The summed E-state index contributed by atoms with van der Waals surface area (Å²) in [7, 11) is 0. The molecule has 0 spiro atoms. The topological polar surface area (TPSA) is 20.3 Å². The Labute approximate surface area is 97.7 Å². The molecule has 1 aliphatic heterocycles. The maximum absolute atomic E-state index is 11.9. The molecule has 2 unspecified atom stereocenters. The van der Waals surface area contributed by atoms with Crippen molar-refractivity contribution in [3.8, 4) is 0 Å².